The van der Waals surface area contributed by atoms with Crippen LogP contribution in [0, 0.1) is 0 Å². The topological polar surface area (TPSA) is 78.3 Å². The second kappa shape index (κ2) is 8.10. The quantitative estimate of drug-likeness (QED) is 0.493. The summed E-state index contributed by atoms with van der Waals surface area (Å²) in [6, 6.07) is 18.9. The highest BCUT2D eigenvalue weighted by atomic mass is 16.7. The van der Waals surface area contributed by atoms with Gasteiger partial charge in [-0.2, -0.15) is 4.80 Å². The van der Waals surface area contributed by atoms with Crippen LogP contribution in [0.4, 0.5) is 5.69 Å². The number of aryl methyl sites for hydroxylation is 1. The lowest BCUT2D eigenvalue weighted by Crippen LogP contribution is -2.11. The fourth-order valence-corrected chi connectivity index (χ4v) is 3.53. The number of fused-ring (bicyclic) bond motifs is 2. The number of nitrogens with one attached hydrogen (secondary N) is 1. The van der Waals surface area contributed by atoms with Crippen LogP contribution >= 0.6 is 0 Å². The van der Waals surface area contributed by atoms with Crippen LogP contribution in [0.2, 0.25) is 0 Å². The molecule has 5 rings (SSSR count). The van der Waals surface area contributed by atoms with E-state index in [2.05, 4.69) is 34.6 Å². The maximum absolute atomic E-state index is 12.6. The number of aromatic nitrogens is 3. The van der Waals surface area contributed by atoms with E-state index in [1.165, 1.54) is 18.4 Å². The first-order valence-electron chi connectivity index (χ1n) is 10.4. The van der Waals surface area contributed by atoms with Gasteiger partial charge < -0.3 is 14.8 Å². The zero-order chi connectivity index (χ0) is 21.2. The maximum Gasteiger partial charge on any atom is 0.255 e. The molecule has 1 aromatic heterocycles. The number of hydrogen-bond donors (Lipinski definition) is 1. The van der Waals surface area contributed by atoms with Gasteiger partial charge in [-0.25, -0.2) is 0 Å². The average molecular weight is 414 g/mol. The van der Waals surface area contributed by atoms with Crippen molar-refractivity contribution in [3.63, 3.8) is 0 Å². The largest absolute Gasteiger partial charge is 0.454 e. The van der Waals surface area contributed by atoms with Crippen LogP contribution in [0.5, 0.6) is 11.5 Å². The highest BCUT2D eigenvalue weighted by Gasteiger charge is 2.16. The van der Waals surface area contributed by atoms with Crippen LogP contribution < -0.4 is 14.8 Å². The summed E-state index contributed by atoms with van der Waals surface area (Å²) in [4.78, 5) is 14.3. The molecule has 0 unspecified atom stereocenters. The number of hydrogen-bond acceptors (Lipinski definition) is 5. The van der Waals surface area contributed by atoms with E-state index in [0.717, 1.165) is 17.6 Å². The molecule has 0 fully saturated rings. The highest BCUT2D eigenvalue weighted by Crippen LogP contribution is 2.32. The number of benzene rings is 3. The van der Waals surface area contributed by atoms with Crippen LogP contribution in [-0.2, 0) is 6.42 Å². The van der Waals surface area contributed by atoms with E-state index in [0.29, 0.717) is 28.3 Å². The molecule has 2 heterocycles. The van der Waals surface area contributed by atoms with Gasteiger partial charge in [0.15, 0.2) is 11.5 Å². The summed E-state index contributed by atoms with van der Waals surface area (Å²) in [6.45, 7) is 2.37. The van der Waals surface area contributed by atoms with Crippen molar-refractivity contribution in [3.05, 3.63) is 71.8 Å². The summed E-state index contributed by atoms with van der Waals surface area (Å²) in [5.74, 6) is 0.993. The lowest BCUT2D eigenvalue weighted by Gasteiger charge is -2.05. The van der Waals surface area contributed by atoms with Crippen molar-refractivity contribution < 1.29 is 14.3 Å². The first kappa shape index (κ1) is 19.1. The minimum Gasteiger partial charge on any atom is -0.454 e. The number of ether oxygens (including phenoxy) is 2. The molecule has 156 valence electrons. The summed E-state index contributed by atoms with van der Waals surface area (Å²) in [6.07, 6.45) is 3.45. The third kappa shape index (κ3) is 3.94. The van der Waals surface area contributed by atoms with Crippen molar-refractivity contribution in [2.75, 3.05) is 12.1 Å². The Kier molecular flexibility index (Phi) is 5.00. The molecule has 1 amide bonds. The number of unbranched alkanes of at least 4 members (excludes halogenated alkanes) is 1. The van der Waals surface area contributed by atoms with Gasteiger partial charge in [-0.15, -0.1) is 10.2 Å². The van der Waals surface area contributed by atoms with Gasteiger partial charge in [0, 0.05) is 11.3 Å². The molecule has 0 aliphatic carbocycles. The second-order valence-corrected chi connectivity index (χ2v) is 7.49. The van der Waals surface area contributed by atoms with E-state index >= 15 is 0 Å². The molecular weight excluding hydrogens is 392 g/mol. The van der Waals surface area contributed by atoms with Crippen molar-refractivity contribution in [1.82, 2.24) is 15.0 Å². The standard InChI is InChI=1S/C24H22N4O3/c1-2-3-4-16-5-9-19(10-6-16)28-26-20-11-8-18(14-21(20)27-28)25-24(29)17-7-12-22-23(13-17)31-15-30-22/h5-14H,2-4,15H2,1H3,(H,25,29). The van der Waals surface area contributed by atoms with E-state index < -0.39 is 0 Å². The maximum atomic E-state index is 12.6. The number of amides is 1. The third-order valence-electron chi connectivity index (χ3n) is 5.26. The summed E-state index contributed by atoms with van der Waals surface area (Å²) >= 11 is 0. The molecule has 7 heteroatoms. The summed E-state index contributed by atoms with van der Waals surface area (Å²) < 4.78 is 10.6. The second-order valence-electron chi connectivity index (χ2n) is 7.49. The molecule has 0 spiro atoms. The number of anilines is 1. The van der Waals surface area contributed by atoms with Crippen LogP contribution in [0.15, 0.2) is 60.7 Å². The van der Waals surface area contributed by atoms with Crippen molar-refractivity contribution in [3.8, 4) is 17.2 Å². The highest BCUT2D eigenvalue weighted by molar-refractivity contribution is 6.05. The molecule has 0 saturated carbocycles. The average Bonchev–Trinajstić information content (AvgIpc) is 3.44. The summed E-state index contributed by atoms with van der Waals surface area (Å²) in [7, 11) is 0. The Morgan fingerprint density at radius 3 is 2.61 bits per heavy atom. The molecule has 0 atom stereocenters. The van der Waals surface area contributed by atoms with Crippen LogP contribution in [-0.4, -0.2) is 27.7 Å². The smallest absolute Gasteiger partial charge is 0.255 e. The van der Waals surface area contributed by atoms with Gasteiger partial charge >= 0.3 is 0 Å². The van der Waals surface area contributed by atoms with E-state index in [1.807, 2.05) is 30.3 Å². The predicted octanol–water partition coefficient (Wildman–Crippen LogP) is 4.74. The fourth-order valence-electron chi connectivity index (χ4n) is 3.53. The molecule has 4 aromatic rings. The van der Waals surface area contributed by atoms with Crippen LogP contribution in [0.1, 0.15) is 35.7 Å². The fraction of sp³-hybridized carbons (Fsp3) is 0.208. The summed E-state index contributed by atoms with van der Waals surface area (Å²) in [5, 5.41) is 12.0. The zero-order valence-electron chi connectivity index (χ0n) is 17.2. The van der Waals surface area contributed by atoms with Gasteiger partial charge in [0.1, 0.15) is 11.0 Å². The molecular formula is C24H22N4O3. The molecule has 1 N–H and O–H groups in total. The number of carbonyl (C=O) groups is 1. The Hall–Kier alpha value is -3.87. The molecule has 1 aliphatic rings. The first-order chi connectivity index (χ1) is 15.2. The van der Waals surface area contributed by atoms with Gasteiger partial charge in [0.05, 0.1) is 5.69 Å². The molecule has 31 heavy (non-hydrogen) atoms. The van der Waals surface area contributed by atoms with Gasteiger partial charge in [0.2, 0.25) is 6.79 Å². The molecule has 1 aliphatic heterocycles. The zero-order valence-corrected chi connectivity index (χ0v) is 17.2. The monoisotopic (exact) mass is 414 g/mol. The Bertz CT molecular complexity index is 1250. The lowest BCUT2D eigenvalue weighted by molar-refractivity contribution is 0.102. The molecule has 0 radical (unpaired) electrons. The van der Waals surface area contributed by atoms with Crippen LogP contribution in [0.3, 0.4) is 0 Å². The molecule has 7 nitrogen and oxygen atoms in total. The van der Waals surface area contributed by atoms with Crippen molar-refractivity contribution >= 4 is 22.6 Å². The first-order valence-corrected chi connectivity index (χ1v) is 10.4. The number of nitrogens with zero attached hydrogens (tertiary/aromatic N) is 3. The van der Waals surface area contributed by atoms with E-state index in [9.17, 15) is 4.79 Å². The Morgan fingerprint density at radius 2 is 1.77 bits per heavy atom. The Morgan fingerprint density at radius 1 is 0.968 bits per heavy atom. The molecule has 0 saturated heterocycles. The minimum atomic E-state index is -0.229. The van der Waals surface area contributed by atoms with Gasteiger partial charge in [0.25, 0.3) is 5.91 Å². The lowest BCUT2D eigenvalue weighted by atomic mass is 10.1. The normalized spacial score (nSPS) is 12.3. The number of carbonyl (C=O) groups excluding carboxylic acids is 1. The van der Waals surface area contributed by atoms with Crippen molar-refractivity contribution in [1.29, 1.82) is 0 Å². The Labute approximate surface area is 179 Å². The van der Waals surface area contributed by atoms with Gasteiger partial charge in [-0.3, -0.25) is 4.79 Å². The van der Waals surface area contributed by atoms with Crippen molar-refractivity contribution in [2.24, 2.45) is 0 Å². The van der Waals surface area contributed by atoms with E-state index in [1.54, 1.807) is 23.0 Å². The predicted molar refractivity (Wildman–Crippen MR) is 118 cm³/mol. The van der Waals surface area contributed by atoms with Gasteiger partial charge in [-0.05, 0) is 66.9 Å². The van der Waals surface area contributed by atoms with Crippen molar-refractivity contribution in [2.45, 2.75) is 26.2 Å². The number of rotatable bonds is 6. The van der Waals surface area contributed by atoms with Gasteiger partial charge in [-0.1, -0.05) is 25.5 Å². The third-order valence-corrected chi connectivity index (χ3v) is 5.26. The Balaban J connectivity index is 1.34. The van der Waals surface area contributed by atoms with E-state index in [-0.39, 0.29) is 12.7 Å². The molecule has 3 aromatic carbocycles. The van der Waals surface area contributed by atoms with E-state index in [4.69, 9.17) is 9.47 Å². The SMILES string of the molecule is CCCCc1ccc(-n2nc3ccc(NC(=O)c4ccc5c(c4)OCO5)cc3n2)cc1. The summed E-state index contributed by atoms with van der Waals surface area (Å²) in [5.41, 5.74) is 4.83. The van der Waals surface area contributed by atoms with Crippen LogP contribution in [0.25, 0.3) is 16.7 Å². The molecule has 0 bridgehead atoms. The minimum absolute atomic E-state index is 0.175.